The second-order valence-corrected chi connectivity index (χ2v) is 4.31. The van der Waals surface area contributed by atoms with Gasteiger partial charge in [0.25, 0.3) is 0 Å². The van der Waals surface area contributed by atoms with Crippen LogP contribution in [0.5, 0.6) is 0 Å². The van der Waals surface area contributed by atoms with E-state index < -0.39 is 0 Å². The van der Waals surface area contributed by atoms with Gasteiger partial charge in [0.1, 0.15) is 6.29 Å². The van der Waals surface area contributed by atoms with Gasteiger partial charge in [-0.3, -0.25) is 5.10 Å². The molecule has 0 radical (unpaired) electrons. The van der Waals surface area contributed by atoms with E-state index in [4.69, 9.17) is 0 Å². The first-order chi connectivity index (χ1) is 7.84. The van der Waals surface area contributed by atoms with E-state index in [9.17, 15) is 4.79 Å². The van der Waals surface area contributed by atoms with E-state index in [0.717, 1.165) is 36.1 Å². The Kier molecular flexibility index (Phi) is 1.93. The number of aromatic amines is 1. The van der Waals surface area contributed by atoms with Gasteiger partial charge in [0.2, 0.25) is 0 Å². The summed E-state index contributed by atoms with van der Waals surface area (Å²) in [7, 11) is 0. The molecule has 1 aliphatic carbocycles. The number of aldehydes is 1. The van der Waals surface area contributed by atoms with Gasteiger partial charge in [0, 0.05) is 11.3 Å². The fraction of sp³-hybridized carbons (Fsp3) is 0.231. The third-order valence-corrected chi connectivity index (χ3v) is 3.20. The van der Waals surface area contributed by atoms with E-state index >= 15 is 0 Å². The number of H-pyrrole nitrogens is 1. The Morgan fingerprint density at radius 1 is 1.25 bits per heavy atom. The number of carbonyl (C=O) groups excluding carboxylic acids is 1. The van der Waals surface area contributed by atoms with Crippen LogP contribution in [0.2, 0.25) is 0 Å². The molecule has 80 valence electrons. The van der Waals surface area contributed by atoms with E-state index in [0.29, 0.717) is 0 Å². The Hall–Kier alpha value is -1.90. The van der Waals surface area contributed by atoms with Gasteiger partial charge < -0.3 is 4.79 Å². The lowest BCUT2D eigenvalue weighted by atomic mass is 10.0. The molecule has 3 nitrogen and oxygen atoms in total. The molecule has 0 aliphatic heterocycles. The van der Waals surface area contributed by atoms with Crippen molar-refractivity contribution in [3.63, 3.8) is 0 Å². The molecule has 0 atom stereocenters. The first-order valence-electron chi connectivity index (χ1n) is 5.42. The Bertz CT molecular complexity index is 512. The van der Waals surface area contributed by atoms with Crippen molar-refractivity contribution in [1.29, 1.82) is 0 Å². The van der Waals surface area contributed by atoms with E-state index in [1.807, 2.05) is 36.4 Å². The third-order valence-electron chi connectivity index (χ3n) is 3.20. The van der Waals surface area contributed by atoms with Gasteiger partial charge in [0.05, 0.1) is 11.1 Å². The molecule has 0 amide bonds. The summed E-state index contributed by atoms with van der Waals surface area (Å²) >= 11 is 0. The Balaban J connectivity index is 1.97. The van der Waals surface area contributed by atoms with Crippen molar-refractivity contribution in [3.8, 4) is 11.3 Å². The van der Waals surface area contributed by atoms with Crippen molar-refractivity contribution in [2.45, 2.75) is 18.3 Å². The highest BCUT2D eigenvalue weighted by atomic mass is 16.1. The lowest BCUT2D eigenvalue weighted by Crippen LogP contribution is -2.07. The number of nitrogens with one attached hydrogen (secondary N) is 1. The maximum Gasteiger partial charge on any atom is 0.132 e. The molecule has 3 heteroatoms. The molecule has 0 bridgehead atoms. The molecule has 1 heterocycles. The lowest BCUT2D eigenvalue weighted by Gasteiger charge is -2.00. The number of nitrogens with zero attached hydrogens (tertiary/aromatic N) is 1. The van der Waals surface area contributed by atoms with Crippen LogP contribution in [0, 0.1) is 0 Å². The molecule has 1 saturated carbocycles. The predicted molar refractivity (Wildman–Crippen MR) is 61.0 cm³/mol. The number of rotatable bonds is 3. The molecule has 0 saturated heterocycles. The molecular formula is C13H12N2O. The van der Waals surface area contributed by atoms with Crippen LogP contribution in [-0.2, 0) is 10.2 Å². The van der Waals surface area contributed by atoms with Crippen LogP contribution in [0.3, 0.4) is 0 Å². The van der Waals surface area contributed by atoms with Gasteiger partial charge in [-0.05, 0) is 18.9 Å². The molecule has 3 rings (SSSR count). The minimum Gasteiger partial charge on any atom is -0.302 e. The van der Waals surface area contributed by atoms with Gasteiger partial charge in [0.15, 0.2) is 0 Å². The van der Waals surface area contributed by atoms with E-state index in [2.05, 4.69) is 10.2 Å². The van der Waals surface area contributed by atoms with Crippen LogP contribution in [0.15, 0.2) is 36.4 Å². The Morgan fingerprint density at radius 3 is 2.62 bits per heavy atom. The molecule has 16 heavy (non-hydrogen) atoms. The molecule has 1 aromatic carbocycles. The van der Waals surface area contributed by atoms with Gasteiger partial charge >= 0.3 is 0 Å². The first-order valence-corrected chi connectivity index (χ1v) is 5.42. The fourth-order valence-corrected chi connectivity index (χ4v) is 1.92. The molecule has 1 aliphatic rings. The summed E-state index contributed by atoms with van der Waals surface area (Å²) in [5.41, 5.74) is 2.66. The average molecular weight is 212 g/mol. The maximum absolute atomic E-state index is 11.0. The van der Waals surface area contributed by atoms with E-state index in [1.165, 1.54) is 0 Å². The minimum atomic E-state index is -0.264. The van der Waals surface area contributed by atoms with Gasteiger partial charge in [-0.1, -0.05) is 30.3 Å². The van der Waals surface area contributed by atoms with Crippen LogP contribution in [0.4, 0.5) is 0 Å². The second kappa shape index (κ2) is 3.30. The monoisotopic (exact) mass is 212 g/mol. The van der Waals surface area contributed by atoms with E-state index in [-0.39, 0.29) is 5.41 Å². The predicted octanol–water partition coefficient (Wildman–Crippen LogP) is 2.31. The highest BCUT2D eigenvalue weighted by molar-refractivity contribution is 5.73. The highest BCUT2D eigenvalue weighted by Crippen LogP contribution is 2.45. The normalized spacial score (nSPS) is 17.0. The number of benzene rings is 1. The maximum atomic E-state index is 11.0. The summed E-state index contributed by atoms with van der Waals surface area (Å²) in [5, 5.41) is 7.23. The summed E-state index contributed by atoms with van der Waals surface area (Å²) in [6.07, 6.45) is 2.91. The highest BCUT2D eigenvalue weighted by Gasteiger charge is 2.45. The number of hydrogen-bond donors (Lipinski definition) is 1. The van der Waals surface area contributed by atoms with Crippen molar-refractivity contribution in [1.82, 2.24) is 10.2 Å². The van der Waals surface area contributed by atoms with Crippen LogP contribution in [-0.4, -0.2) is 16.5 Å². The van der Waals surface area contributed by atoms with Crippen molar-refractivity contribution < 1.29 is 4.79 Å². The smallest absolute Gasteiger partial charge is 0.132 e. The molecule has 1 N–H and O–H groups in total. The molecular weight excluding hydrogens is 200 g/mol. The van der Waals surface area contributed by atoms with Crippen LogP contribution >= 0.6 is 0 Å². The molecule has 0 spiro atoms. The van der Waals surface area contributed by atoms with Gasteiger partial charge in [-0.25, -0.2) is 0 Å². The van der Waals surface area contributed by atoms with Crippen molar-refractivity contribution >= 4 is 6.29 Å². The summed E-state index contributed by atoms with van der Waals surface area (Å²) in [4.78, 5) is 11.0. The van der Waals surface area contributed by atoms with Crippen molar-refractivity contribution in [2.24, 2.45) is 0 Å². The number of hydrogen-bond acceptors (Lipinski definition) is 2. The van der Waals surface area contributed by atoms with Crippen molar-refractivity contribution in [3.05, 3.63) is 42.1 Å². The number of aromatic nitrogens is 2. The van der Waals surface area contributed by atoms with Gasteiger partial charge in [-0.2, -0.15) is 5.10 Å². The second-order valence-electron chi connectivity index (χ2n) is 4.31. The lowest BCUT2D eigenvalue weighted by molar-refractivity contribution is -0.109. The molecule has 0 unspecified atom stereocenters. The van der Waals surface area contributed by atoms with Crippen LogP contribution < -0.4 is 0 Å². The van der Waals surface area contributed by atoms with E-state index in [1.54, 1.807) is 0 Å². The number of carbonyl (C=O) groups is 1. The Labute approximate surface area is 93.5 Å². The van der Waals surface area contributed by atoms with Gasteiger partial charge in [-0.15, -0.1) is 0 Å². The molecule has 1 aromatic heterocycles. The zero-order chi connectivity index (χ0) is 11.0. The first kappa shape index (κ1) is 9.33. The SMILES string of the molecule is O=CC1(c2cc(-c3ccccc3)n[nH]2)CC1. The standard InChI is InChI=1S/C13H12N2O/c16-9-13(6-7-13)12-8-11(14-15-12)10-4-2-1-3-5-10/h1-5,8-9H,6-7H2,(H,14,15). The molecule has 2 aromatic rings. The largest absolute Gasteiger partial charge is 0.302 e. The fourth-order valence-electron chi connectivity index (χ4n) is 1.92. The summed E-state index contributed by atoms with van der Waals surface area (Å²) in [6, 6.07) is 12.0. The average Bonchev–Trinajstić information content (AvgIpc) is 3.00. The zero-order valence-electron chi connectivity index (χ0n) is 8.81. The zero-order valence-corrected chi connectivity index (χ0v) is 8.81. The summed E-state index contributed by atoms with van der Waals surface area (Å²) in [6.45, 7) is 0. The van der Waals surface area contributed by atoms with Crippen LogP contribution in [0.1, 0.15) is 18.5 Å². The summed E-state index contributed by atoms with van der Waals surface area (Å²) in [5.74, 6) is 0. The van der Waals surface area contributed by atoms with Crippen LogP contribution in [0.25, 0.3) is 11.3 Å². The van der Waals surface area contributed by atoms with Crippen molar-refractivity contribution in [2.75, 3.05) is 0 Å². The summed E-state index contributed by atoms with van der Waals surface area (Å²) < 4.78 is 0. The Morgan fingerprint density at radius 2 is 2.00 bits per heavy atom. The minimum absolute atomic E-state index is 0.264. The topological polar surface area (TPSA) is 45.8 Å². The third kappa shape index (κ3) is 1.36. The molecule has 1 fully saturated rings. The quantitative estimate of drug-likeness (QED) is 0.793.